The molecule has 1 fully saturated rings. The molecule has 0 aromatic carbocycles. The third kappa shape index (κ3) is 5.27. The topological polar surface area (TPSA) is 15.3 Å². The number of piperazine rings is 1. The van der Waals surface area contributed by atoms with Gasteiger partial charge < -0.3 is 5.32 Å². The molecule has 1 heterocycles. The first-order valence-corrected chi connectivity index (χ1v) is 8.16. The molecule has 1 rings (SSSR count). The van der Waals surface area contributed by atoms with Gasteiger partial charge in [0.15, 0.2) is 0 Å². The Morgan fingerprint density at radius 3 is 2.61 bits per heavy atom. The standard InChI is InChI=1S/C16H34N2/c1-5-7-8-9-10-15(4)18-12-11-17-16(13-18)14(3)6-2/h14-17H,5-13H2,1-4H3. The summed E-state index contributed by atoms with van der Waals surface area (Å²) in [7, 11) is 0. The minimum absolute atomic E-state index is 0.710. The zero-order valence-electron chi connectivity index (χ0n) is 13.0. The average molecular weight is 254 g/mol. The van der Waals surface area contributed by atoms with E-state index in [9.17, 15) is 0 Å². The Labute approximate surface area is 115 Å². The molecule has 0 saturated carbocycles. The molecule has 0 amide bonds. The lowest BCUT2D eigenvalue weighted by molar-refractivity contribution is 0.123. The van der Waals surface area contributed by atoms with Gasteiger partial charge in [0.1, 0.15) is 0 Å². The van der Waals surface area contributed by atoms with Crippen molar-refractivity contribution in [3.63, 3.8) is 0 Å². The molecule has 2 nitrogen and oxygen atoms in total. The van der Waals surface area contributed by atoms with Crippen molar-refractivity contribution in [1.29, 1.82) is 0 Å². The van der Waals surface area contributed by atoms with Crippen LogP contribution in [-0.4, -0.2) is 36.6 Å². The smallest absolute Gasteiger partial charge is 0.0221 e. The fraction of sp³-hybridized carbons (Fsp3) is 1.00. The molecule has 0 aromatic rings. The van der Waals surface area contributed by atoms with Crippen LogP contribution in [0.25, 0.3) is 0 Å². The number of rotatable bonds is 8. The fourth-order valence-electron chi connectivity index (χ4n) is 2.92. The maximum absolute atomic E-state index is 3.69. The number of hydrogen-bond donors (Lipinski definition) is 1. The fourth-order valence-corrected chi connectivity index (χ4v) is 2.92. The average Bonchev–Trinajstić information content (AvgIpc) is 2.42. The Hall–Kier alpha value is -0.0800. The highest BCUT2D eigenvalue weighted by Crippen LogP contribution is 2.17. The van der Waals surface area contributed by atoms with E-state index >= 15 is 0 Å². The Kier molecular flexibility index (Phi) is 7.92. The number of hydrogen-bond acceptors (Lipinski definition) is 2. The van der Waals surface area contributed by atoms with Crippen LogP contribution < -0.4 is 5.32 Å². The van der Waals surface area contributed by atoms with E-state index in [1.165, 1.54) is 58.2 Å². The van der Waals surface area contributed by atoms with Gasteiger partial charge in [-0.3, -0.25) is 4.90 Å². The van der Waals surface area contributed by atoms with E-state index in [1.807, 2.05) is 0 Å². The summed E-state index contributed by atoms with van der Waals surface area (Å²) < 4.78 is 0. The van der Waals surface area contributed by atoms with Gasteiger partial charge in [-0.15, -0.1) is 0 Å². The van der Waals surface area contributed by atoms with Crippen molar-refractivity contribution < 1.29 is 0 Å². The summed E-state index contributed by atoms with van der Waals surface area (Å²) in [6.45, 7) is 13.1. The summed E-state index contributed by atoms with van der Waals surface area (Å²) in [5.41, 5.74) is 0. The molecule has 3 atom stereocenters. The molecule has 0 spiro atoms. The van der Waals surface area contributed by atoms with Crippen LogP contribution in [0.1, 0.15) is 66.2 Å². The molecule has 2 heteroatoms. The first-order chi connectivity index (χ1) is 8.69. The maximum Gasteiger partial charge on any atom is 0.0221 e. The number of nitrogens with zero attached hydrogens (tertiary/aromatic N) is 1. The van der Waals surface area contributed by atoms with Crippen LogP contribution >= 0.6 is 0 Å². The van der Waals surface area contributed by atoms with E-state index in [0.717, 1.165) is 12.0 Å². The summed E-state index contributed by atoms with van der Waals surface area (Å²) in [4.78, 5) is 2.71. The van der Waals surface area contributed by atoms with Crippen molar-refractivity contribution in [1.82, 2.24) is 10.2 Å². The zero-order valence-corrected chi connectivity index (χ0v) is 13.0. The summed E-state index contributed by atoms with van der Waals surface area (Å²) in [5, 5.41) is 3.69. The van der Waals surface area contributed by atoms with Gasteiger partial charge in [-0.25, -0.2) is 0 Å². The largest absolute Gasteiger partial charge is 0.311 e. The van der Waals surface area contributed by atoms with Gasteiger partial charge in [-0.2, -0.15) is 0 Å². The maximum atomic E-state index is 3.69. The van der Waals surface area contributed by atoms with Crippen LogP contribution in [-0.2, 0) is 0 Å². The first-order valence-electron chi connectivity index (χ1n) is 8.16. The molecule has 0 bridgehead atoms. The lowest BCUT2D eigenvalue weighted by Crippen LogP contribution is -2.55. The van der Waals surface area contributed by atoms with Crippen molar-refractivity contribution in [2.75, 3.05) is 19.6 Å². The highest BCUT2D eigenvalue weighted by Gasteiger charge is 2.25. The van der Waals surface area contributed by atoms with Gasteiger partial charge in [0.05, 0.1) is 0 Å². The molecule has 0 aromatic heterocycles. The Balaban J connectivity index is 2.27. The molecular weight excluding hydrogens is 220 g/mol. The van der Waals surface area contributed by atoms with Crippen molar-refractivity contribution >= 4 is 0 Å². The number of nitrogens with one attached hydrogen (secondary N) is 1. The molecule has 18 heavy (non-hydrogen) atoms. The van der Waals surface area contributed by atoms with Crippen LogP contribution in [0.15, 0.2) is 0 Å². The van der Waals surface area contributed by atoms with Crippen molar-refractivity contribution in [2.24, 2.45) is 5.92 Å². The zero-order chi connectivity index (χ0) is 13.4. The van der Waals surface area contributed by atoms with E-state index in [-0.39, 0.29) is 0 Å². The lowest BCUT2D eigenvalue weighted by atomic mass is 9.96. The van der Waals surface area contributed by atoms with E-state index in [2.05, 4.69) is 37.9 Å². The molecule has 1 N–H and O–H groups in total. The highest BCUT2D eigenvalue weighted by atomic mass is 15.2. The minimum Gasteiger partial charge on any atom is -0.311 e. The van der Waals surface area contributed by atoms with Gasteiger partial charge in [0.25, 0.3) is 0 Å². The monoisotopic (exact) mass is 254 g/mol. The first kappa shape index (κ1) is 16.0. The molecule has 108 valence electrons. The van der Waals surface area contributed by atoms with Crippen LogP contribution in [0.2, 0.25) is 0 Å². The normalized spacial score (nSPS) is 25.0. The minimum atomic E-state index is 0.710. The predicted octanol–water partition coefficient (Wildman–Crippen LogP) is 3.67. The van der Waals surface area contributed by atoms with E-state index < -0.39 is 0 Å². The summed E-state index contributed by atoms with van der Waals surface area (Å²) >= 11 is 0. The molecule has 1 saturated heterocycles. The molecular formula is C16H34N2. The second kappa shape index (κ2) is 8.92. The lowest BCUT2D eigenvalue weighted by Gasteiger charge is -2.39. The molecule has 1 aliphatic rings. The second-order valence-corrected chi connectivity index (χ2v) is 6.14. The third-order valence-corrected chi connectivity index (χ3v) is 4.67. The quantitative estimate of drug-likeness (QED) is 0.665. The second-order valence-electron chi connectivity index (χ2n) is 6.14. The summed E-state index contributed by atoms with van der Waals surface area (Å²) in [6, 6.07) is 1.48. The SMILES string of the molecule is CCCCCCC(C)N1CCNC(C(C)CC)C1. The summed E-state index contributed by atoms with van der Waals surface area (Å²) in [6.07, 6.45) is 8.25. The summed E-state index contributed by atoms with van der Waals surface area (Å²) in [5.74, 6) is 0.806. The Morgan fingerprint density at radius 1 is 1.17 bits per heavy atom. The molecule has 0 aliphatic carbocycles. The van der Waals surface area contributed by atoms with Crippen LogP contribution in [0.5, 0.6) is 0 Å². The number of unbranched alkanes of at least 4 members (excludes halogenated alkanes) is 3. The Bertz CT molecular complexity index is 205. The Morgan fingerprint density at radius 2 is 1.94 bits per heavy atom. The van der Waals surface area contributed by atoms with Gasteiger partial charge in [0.2, 0.25) is 0 Å². The van der Waals surface area contributed by atoms with E-state index in [4.69, 9.17) is 0 Å². The van der Waals surface area contributed by atoms with Crippen molar-refractivity contribution in [3.05, 3.63) is 0 Å². The molecule has 0 radical (unpaired) electrons. The van der Waals surface area contributed by atoms with Gasteiger partial charge >= 0.3 is 0 Å². The van der Waals surface area contributed by atoms with E-state index in [0.29, 0.717) is 6.04 Å². The van der Waals surface area contributed by atoms with Gasteiger partial charge in [-0.1, -0.05) is 52.9 Å². The van der Waals surface area contributed by atoms with Gasteiger partial charge in [0, 0.05) is 31.7 Å². The van der Waals surface area contributed by atoms with Gasteiger partial charge in [-0.05, 0) is 19.3 Å². The van der Waals surface area contributed by atoms with Crippen molar-refractivity contribution in [2.45, 2.75) is 78.3 Å². The third-order valence-electron chi connectivity index (χ3n) is 4.67. The predicted molar refractivity (Wildman–Crippen MR) is 81.0 cm³/mol. The van der Waals surface area contributed by atoms with E-state index in [1.54, 1.807) is 0 Å². The van der Waals surface area contributed by atoms with Crippen molar-refractivity contribution in [3.8, 4) is 0 Å². The molecule has 1 aliphatic heterocycles. The van der Waals surface area contributed by atoms with Crippen LogP contribution in [0, 0.1) is 5.92 Å². The van der Waals surface area contributed by atoms with Crippen LogP contribution in [0.3, 0.4) is 0 Å². The van der Waals surface area contributed by atoms with Crippen LogP contribution in [0.4, 0.5) is 0 Å². The molecule has 3 unspecified atom stereocenters. The highest BCUT2D eigenvalue weighted by molar-refractivity contribution is 4.84.